The number of hydrogen-bond donors (Lipinski definition) is 2. The Bertz CT molecular complexity index is 814. The van der Waals surface area contributed by atoms with Crippen LogP contribution >= 0.6 is 0 Å². The second-order valence-corrected chi connectivity index (χ2v) is 4.31. The van der Waals surface area contributed by atoms with Crippen molar-refractivity contribution in [3.8, 4) is 11.5 Å². The summed E-state index contributed by atoms with van der Waals surface area (Å²) in [5.41, 5.74) is 5.01. The molecule has 0 aliphatic rings. The maximum atomic E-state index is 5.25. The number of anilines is 1. The van der Waals surface area contributed by atoms with Crippen molar-refractivity contribution < 1.29 is 9.47 Å². The molecule has 0 saturated heterocycles. The Hall–Kier alpha value is -3.16. The topological polar surface area (TPSA) is 97.3 Å². The number of rotatable bonds is 5. The minimum Gasteiger partial charge on any atom is -0.493 e. The van der Waals surface area contributed by atoms with Gasteiger partial charge in [0, 0.05) is 0 Å². The second-order valence-electron chi connectivity index (χ2n) is 4.31. The van der Waals surface area contributed by atoms with Crippen molar-refractivity contribution in [2.75, 3.05) is 19.6 Å². The van der Waals surface area contributed by atoms with Crippen LogP contribution in [-0.4, -0.2) is 40.4 Å². The number of methoxy groups -OCH3 is 2. The average Bonchev–Trinajstić information content (AvgIpc) is 3.04. The van der Waals surface area contributed by atoms with E-state index in [1.165, 1.54) is 6.33 Å². The van der Waals surface area contributed by atoms with E-state index in [1.807, 2.05) is 18.2 Å². The van der Waals surface area contributed by atoms with Crippen LogP contribution in [0, 0.1) is 0 Å². The molecule has 2 N–H and O–H groups in total. The zero-order valence-electron chi connectivity index (χ0n) is 12.1. The fraction of sp³-hybridized carbons (Fsp3) is 0.143. The van der Waals surface area contributed by atoms with Crippen molar-refractivity contribution in [1.29, 1.82) is 0 Å². The number of nitrogens with zero attached hydrogens (tertiary/aromatic N) is 4. The molecule has 0 spiro atoms. The van der Waals surface area contributed by atoms with Crippen LogP contribution in [0.2, 0.25) is 0 Å². The minimum absolute atomic E-state index is 0.555. The summed E-state index contributed by atoms with van der Waals surface area (Å²) < 4.78 is 10.4. The summed E-state index contributed by atoms with van der Waals surface area (Å²) in [5.74, 6) is 1.87. The number of ether oxygens (including phenoxy) is 2. The quantitative estimate of drug-likeness (QED) is 0.551. The van der Waals surface area contributed by atoms with Crippen LogP contribution in [0.25, 0.3) is 11.2 Å². The van der Waals surface area contributed by atoms with E-state index in [9.17, 15) is 0 Å². The van der Waals surface area contributed by atoms with E-state index in [-0.39, 0.29) is 0 Å². The van der Waals surface area contributed by atoms with Gasteiger partial charge >= 0.3 is 0 Å². The van der Waals surface area contributed by atoms with Gasteiger partial charge in [0.2, 0.25) is 0 Å². The Balaban J connectivity index is 1.78. The monoisotopic (exact) mass is 298 g/mol. The number of nitrogens with one attached hydrogen (secondary N) is 2. The van der Waals surface area contributed by atoms with Gasteiger partial charge in [-0.3, -0.25) is 5.43 Å². The van der Waals surface area contributed by atoms with Gasteiger partial charge in [-0.2, -0.15) is 5.10 Å². The van der Waals surface area contributed by atoms with Gasteiger partial charge in [-0.15, -0.1) is 0 Å². The van der Waals surface area contributed by atoms with Crippen molar-refractivity contribution in [3.63, 3.8) is 0 Å². The molecule has 0 bridgehead atoms. The Morgan fingerprint density at radius 3 is 2.82 bits per heavy atom. The lowest BCUT2D eigenvalue weighted by Crippen LogP contribution is -1.96. The highest BCUT2D eigenvalue weighted by Crippen LogP contribution is 2.26. The summed E-state index contributed by atoms with van der Waals surface area (Å²) in [6.07, 6.45) is 4.65. The van der Waals surface area contributed by atoms with E-state index < -0.39 is 0 Å². The zero-order valence-corrected chi connectivity index (χ0v) is 12.1. The lowest BCUT2D eigenvalue weighted by atomic mass is 10.2. The Morgan fingerprint density at radius 2 is 2.00 bits per heavy atom. The molecule has 3 aromatic rings. The third-order valence-corrected chi connectivity index (χ3v) is 3.01. The fourth-order valence-electron chi connectivity index (χ4n) is 1.95. The molecule has 0 saturated carbocycles. The van der Waals surface area contributed by atoms with Crippen molar-refractivity contribution in [2.24, 2.45) is 5.10 Å². The average molecular weight is 298 g/mol. The Labute approximate surface area is 126 Å². The SMILES string of the molecule is COc1ccc(/C=N/Nc2ncnc3nc[nH]c23)cc1OC. The van der Waals surface area contributed by atoms with Gasteiger partial charge < -0.3 is 14.5 Å². The molecule has 22 heavy (non-hydrogen) atoms. The Kier molecular flexibility index (Phi) is 3.82. The lowest BCUT2D eigenvalue weighted by Gasteiger charge is -2.07. The molecule has 3 rings (SSSR count). The van der Waals surface area contributed by atoms with Gasteiger partial charge in [0.15, 0.2) is 23.0 Å². The predicted octanol–water partition coefficient (Wildman–Crippen LogP) is 1.82. The molecule has 0 atom stereocenters. The molecule has 112 valence electrons. The highest BCUT2D eigenvalue weighted by molar-refractivity contribution is 5.84. The van der Waals surface area contributed by atoms with Crippen molar-refractivity contribution in [1.82, 2.24) is 19.9 Å². The summed E-state index contributed by atoms with van der Waals surface area (Å²) in [6.45, 7) is 0. The van der Waals surface area contributed by atoms with Gasteiger partial charge in [0.05, 0.1) is 26.8 Å². The molecule has 8 nitrogen and oxygen atoms in total. The van der Waals surface area contributed by atoms with E-state index in [2.05, 4.69) is 30.5 Å². The van der Waals surface area contributed by atoms with Crippen LogP contribution in [0.15, 0.2) is 36.0 Å². The second kappa shape index (κ2) is 6.08. The highest BCUT2D eigenvalue weighted by Gasteiger charge is 2.05. The molecule has 0 aliphatic carbocycles. The van der Waals surface area contributed by atoms with Gasteiger partial charge in [-0.25, -0.2) is 15.0 Å². The lowest BCUT2D eigenvalue weighted by molar-refractivity contribution is 0.355. The molecule has 2 aromatic heterocycles. The first-order valence-electron chi connectivity index (χ1n) is 6.47. The Morgan fingerprint density at radius 1 is 1.14 bits per heavy atom. The van der Waals surface area contributed by atoms with E-state index in [0.29, 0.717) is 28.5 Å². The fourth-order valence-corrected chi connectivity index (χ4v) is 1.95. The molecule has 1 aromatic carbocycles. The predicted molar refractivity (Wildman–Crippen MR) is 82.4 cm³/mol. The first-order chi connectivity index (χ1) is 10.8. The van der Waals surface area contributed by atoms with Crippen molar-refractivity contribution in [3.05, 3.63) is 36.4 Å². The molecule has 2 heterocycles. The molecule has 0 amide bonds. The molecule has 0 unspecified atom stereocenters. The van der Waals surface area contributed by atoms with Gasteiger partial charge in [-0.1, -0.05) is 0 Å². The number of H-pyrrole nitrogens is 1. The summed E-state index contributed by atoms with van der Waals surface area (Å²) in [6, 6.07) is 5.52. The van der Waals surface area contributed by atoms with Crippen LogP contribution in [0.5, 0.6) is 11.5 Å². The summed E-state index contributed by atoms with van der Waals surface area (Å²) in [4.78, 5) is 15.2. The first-order valence-corrected chi connectivity index (χ1v) is 6.47. The molecule has 0 fully saturated rings. The third kappa shape index (κ3) is 2.66. The van der Waals surface area contributed by atoms with Gasteiger partial charge in [0.25, 0.3) is 0 Å². The van der Waals surface area contributed by atoms with E-state index in [1.54, 1.807) is 26.8 Å². The summed E-state index contributed by atoms with van der Waals surface area (Å²) in [5, 5.41) is 4.16. The number of benzene rings is 1. The van der Waals surface area contributed by atoms with E-state index in [4.69, 9.17) is 9.47 Å². The van der Waals surface area contributed by atoms with Gasteiger partial charge in [-0.05, 0) is 23.8 Å². The van der Waals surface area contributed by atoms with Crippen LogP contribution < -0.4 is 14.9 Å². The minimum atomic E-state index is 0.555. The molecule has 8 heteroatoms. The number of fused-ring (bicyclic) bond motifs is 1. The van der Waals surface area contributed by atoms with Crippen LogP contribution in [0.1, 0.15) is 5.56 Å². The summed E-state index contributed by atoms with van der Waals surface area (Å²) >= 11 is 0. The number of hydrogen-bond acceptors (Lipinski definition) is 7. The molecule has 0 radical (unpaired) electrons. The van der Waals surface area contributed by atoms with Gasteiger partial charge in [0.1, 0.15) is 11.8 Å². The van der Waals surface area contributed by atoms with Crippen molar-refractivity contribution >= 4 is 23.2 Å². The number of aromatic nitrogens is 4. The molecule has 0 aliphatic heterocycles. The van der Waals surface area contributed by atoms with Crippen LogP contribution in [-0.2, 0) is 0 Å². The standard InChI is InChI=1S/C14H14N6O2/c1-21-10-4-3-9(5-11(10)22-2)6-19-20-14-12-13(16-7-15-12)17-8-18-14/h3-8H,1-2H3,(H2,15,16,17,18,20)/b19-6+. The van der Waals surface area contributed by atoms with Crippen LogP contribution in [0.3, 0.4) is 0 Å². The first kappa shape index (κ1) is 13.8. The normalized spacial score (nSPS) is 11.0. The molecular weight excluding hydrogens is 284 g/mol. The zero-order chi connectivity index (χ0) is 15.4. The highest BCUT2D eigenvalue weighted by atomic mass is 16.5. The maximum absolute atomic E-state index is 5.25. The number of hydrazone groups is 1. The smallest absolute Gasteiger partial charge is 0.182 e. The maximum Gasteiger partial charge on any atom is 0.182 e. The van der Waals surface area contributed by atoms with Crippen molar-refractivity contribution in [2.45, 2.75) is 0 Å². The van der Waals surface area contributed by atoms with E-state index in [0.717, 1.165) is 5.56 Å². The number of aromatic amines is 1. The largest absolute Gasteiger partial charge is 0.493 e. The number of imidazole rings is 1. The summed E-state index contributed by atoms with van der Waals surface area (Å²) in [7, 11) is 3.19. The third-order valence-electron chi connectivity index (χ3n) is 3.01. The van der Waals surface area contributed by atoms with E-state index >= 15 is 0 Å². The van der Waals surface area contributed by atoms with Crippen LogP contribution in [0.4, 0.5) is 5.82 Å². The molecular formula is C14H14N6O2.